The lowest BCUT2D eigenvalue weighted by Gasteiger charge is -2.31. The molecule has 6 nitrogen and oxygen atoms in total. The highest BCUT2D eigenvalue weighted by molar-refractivity contribution is 5.79. The van der Waals surface area contributed by atoms with E-state index in [1.807, 2.05) is 67.3 Å². The number of aromatic nitrogens is 2. The van der Waals surface area contributed by atoms with E-state index in [-0.39, 0.29) is 17.5 Å². The summed E-state index contributed by atoms with van der Waals surface area (Å²) in [6, 6.07) is 14.6. The lowest BCUT2D eigenvalue weighted by Crippen LogP contribution is -2.38. The van der Waals surface area contributed by atoms with Crippen molar-refractivity contribution >= 4 is 16.8 Å². The number of amides is 1. The maximum Gasteiger partial charge on any atom is 0.266 e. The number of unbranched alkanes of at least 4 members (excludes halogenated alkanes) is 4. The van der Waals surface area contributed by atoms with Gasteiger partial charge in [0.2, 0.25) is 5.91 Å². The second kappa shape index (κ2) is 14.0. The minimum absolute atomic E-state index is 0.130. The summed E-state index contributed by atoms with van der Waals surface area (Å²) in [5, 5.41) is 0.559. The Morgan fingerprint density at radius 1 is 0.973 bits per heavy atom. The molecule has 1 heterocycles. The van der Waals surface area contributed by atoms with Crippen LogP contribution in [0.2, 0.25) is 0 Å². The summed E-state index contributed by atoms with van der Waals surface area (Å²) in [4.78, 5) is 34.2. The van der Waals surface area contributed by atoms with E-state index in [4.69, 9.17) is 9.72 Å². The topological polar surface area (TPSA) is 64.4 Å². The van der Waals surface area contributed by atoms with Gasteiger partial charge in [0.1, 0.15) is 11.6 Å². The molecule has 0 saturated heterocycles. The van der Waals surface area contributed by atoms with Crippen LogP contribution in [0.5, 0.6) is 5.75 Å². The second-order valence-corrected chi connectivity index (χ2v) is 10.2. The Kier molecular flexibility index (Phi) is 10.7. The van der Waals surface area contributed by atoms with Crippen molar-refractivity contribution in [2.45, 2.75) is 85.6 Å². The van der Waals surface area contributed by atoms with E-state index in [1.165, 1.54) is 12.8 Å². The van der Waals surface area contributed by atoms with Crippen molar-refractivity contribution in [3.63, 3.8) is 0 Å². The molecule has 3 aromatic rings. The van der Waals surface area contributed by atoms with Gasteiger partial charge in [-0.05, 0) is 69.0 Å². The van der Waals surface area contributed by atoms with E-state index < -0.39 is 0 Å². The van der Waals surface area contributed by atoms with Gasteiger partial charge < -0.3 is 9.64 Å². The monoisotopic (exact) mass is 505 g/mol. The average molecular weight is 506 g/mol. The number of rotatable bonds is 14. The van der Waals surface area contributed by atoms with Crippen molar-refractivity contribution < 1.29 is 9.53 Å². The predicted octanol–water partition coefficient (Wildman–Crippen LogP) is 7.08. The molecule has 1 unspecified atom stereocenters. The number of carbonyl (C=O) groups is 1. The van der Waals surface area contributed by atoms with Gasteiger partial charge in [0.15, 0.2) is 0 Å². The zero-order chi connectivity index (χ0) is 26.8. The number of nitrogens with zero attached hydrogens (tertiary/aromatic N) is 3. The van der Waals surface area contributed by atoms with Gasteiger partial charge >= 0.3 is 0 Å². The molecule has 3 rings (SSSR count). The van der Waals surface area contributed by atoms with Gasteiger partial charge in [-0.2, -0.15) is 0 Å². The molecule has 1 aromatic heterocycles. The maximum atomic E-state index is 13.8. The number of fused-ring (bicyclic) bond motifs is 1. The summed E-state index contributed by atoms with van der Waals surface area (Å²) in [6.07, 6.45) is 6.92. The van der Waals surface area contributed by atoms with Crippen molar-refractivity contribution in [2.75, 3.05) is 13.2 Å². The summed E-state index contributed by atoms with van der Waals surface area (Å²) < 4.78 is 7.27. The first-order chi connectivity index (χ1) is 17.9. The highest BCUT2D eigenvalue weighted by Gasteiger charge is 2.26. The van der Waals surface area contributed by atoms with Crippen molar-refractivity contribution in [1.82, 2.24) is 14.5 Å². The molecule has 0 aliphatic carbocycles. The fourth-order valence-electron chi connectivity index (χ4n) is 4.63. The highest BCUT2D eigenvalue weighted by atomic mass is 16.5. The summed E-state index contributed by atoms with van der Waals surface area (Å²) in [5.74, 6) is 1.92. The number of carbonyl (C=O) groups excluding carboxylic acids is 1. The summed E-state index contributed by atoms with van der Waals surface area (Å²) in [7, 11) is 0. The van der Waals surface area contributed by atoms with Crippen molar-refractivity contribution in [1.29, 1.82) is 0 Å². The van der Waals surface area contributed by atoms with Crippen molar-refractivity contribution in [2.24, 2.45) is 5.92 Å². The Hall–Kier alpha value is -3.15. The van der Waals surface area contributed by atoms with Crippen LogP contribution in [-0.4, -0.2) is 33.5 Å². The molecule has 0 N–H and O–H groups in total. The minimum Gasteiger partial charge on any atom is -0.494 e. The van der Waals surface area contributed by atoms with Crippen LogP contribution in [0.25, 0.3) is 16.6 Å². The Balaban J connectivity index is 2.03. The van der Waals surface area contributed by atoms with Crippen LogP contribution in [0.3, 0.4) is 0 Å². The Bertz CT molecular complexity index is 1200. The van der Waals surface area contributed by atoms with Crippen LogP contribution in [0.15, 0.2) is 53.3 Å². The molecule has 0 aliphatic rings. The summed E-state index contributed by atoms with van der Waals surface area (Å²) in [6.45, 7) is 11.7. The fraction of sp³-hybridized carbons (Fsp3) is 0.516. The molecule has 0 bridgehead atoms. The molecule has 0 fully saturated rings. The molecule has 0 radical (unpaired) electrons. The van der Waals surface area contributed by atoms with E-state index in [0.29, 0.717) is 47.9 Å². The van der Waals surface area contributed by atoms with E-state index >= 15 is 0 Å². The molecule has 200 valence electrons. The zero-order valence-corrected chi connectivity index (χ0v) is 23.2. The van der Waals surface area contributed by atoms with Crippen LogP contribution in [-0.2, 0) is 4.79 Å². The summed E-state index contributed by atoms with van der Waals surface area (Å²) in [5.41, 5.74) is 1.23. The zero-order valence-electron chi connectivity index (χ0n) is 23.2. The van der Waals surface area contributed by atoms with Crippen molar-refractivity contribution in [3.8, 4) is 11.4 Å². The Morgan fingerprint density at radius 2 is 1.68 bits per heavy atom. The molecule has 0 spiro atoms. The molecular weight excluding hydrogens is 462 g/mol. The predicted molar refractivity (Wildman–Crippen MR) is 151 cm³/mol. The lowest BCUT2D eigenvalue weighted by molar-refractivity contribution is -0.133. The number of benzene rings is 2. The van der Waals surface area contributed by atoms with Gasteiger partial charge in [0.25, 0.3) is 5.56 Å². The number of para-hydroxylation sites is 1. The minimum atomic E-state index is -0.356. The van der Waals surface area contributed by atoms with Gasteiger partial charge in [-0.3, -0.25) is 14.2 Å². The van der Waals surface area contributed by atoms with Gasteiger partial charge in [0, 0.05) is 13.0 Å². The van der Waals surface area contributed by atoms with Gasteiger partial charge in [-0.1, -0.05) is 58.6 Å². The van der Waals surface area contributed by atoms with Gasteiger partial charge in [0.05, 0.1) is 29.2 Å². The molecule has 37 heavy (non-hydrogen) atoms. The van der Waals surface area contributed by atoms with Crippen LogP contribution < -0.4 is 10.3 Å². The third-order valence-electron chi connectivity index (χ3n) is 6.81. The lowest BCUT2D eigenvalue weighted by atomic mass is 10.1. The first-order valence-electron chi connectivity index (χ1n) is 13.9. The Labute approximate surface area is 221 Å². The first-order valence-corrected chi connectivity index (χ1v) is 13.9. The van der Waals surface area contributed by atoms with Gasteiger partial charge in [-0.25, -0.2) is 4.98 Å². The normalized spacial score (nSPS) is 12.2. The maximum absolute atomic E-state index is 13.8. The largest absolute Gasteiger partial charge is 0.494 e. The van der Waals surface area contributed by atoms with Crippen LogP contribution in [0.1, 0.15) is 91.4 Å². The highest BCUT2D eigenvalue weighted by Crippen LogP contribution is 2.26. The molecular formula is C31H43N3O3. The quantitative estimate of drug-likeness (QED) is 0.220. The Morgan fingerprint density at radius 3 is 2.35 bits per heavy atom. The smallest absolute Gasteiger partial charge is 0.266 e. The third-order valence-corrected chi connectivity index (χ3v) is 6.81. The van der Waals surface area contributed by atoms with Crippen molar-refractivity contribution in [3.05, 3.63) is 64.7 Å². The number of hydrogen-bond acceptors (Lipinski definition) is 4. The molecule has 6 heteroatoms. The van der Waals surface area contributed by atoms with E-state index in [1.54, 1.807) is 4.57 Å². The average Bonchev–Trinajstić information content (AvgIpc) is 2.89. The van der Waals surface area contributed by atoms with Crippen LogP contribution in [0, 0.1) is 5.92 Å². The van der Waals surface area contributed by atoms with E-state index in [9.17, 15) is 9.59 Å². The molecule has 0 aliphatic heterocycles. The third kappa shape index (κ3) is 7.43. The number of hydrogen-bond donors (Lipinski definition) is 0. The standard InChI is InChI=1S/C31H43N3O3/c1-6-8-9-10-11-16-29(35)33(22-21-23(3)4)24(5)30-32-28-15-13-12-14-27(28)31(36)34(30)25-17-19-26(20-18-25)37-7-2/h12-15,17-20,23-24H,6-11,16,21-22H2,1-5H3. The van der Waals surface area contributed by atoms with Crippen LogP contribution in [0.4, 0.5) is 0 Å². The molecule has 1 amide bonds. The second-order valence-electron chi connectivity index (χ2n) is 10.2. The SMILES string of the molecule is CCCCCCCC(=O)N(CCC(C)C)C(C)c1nc2ccccc2c(=O)n1-c1ccc(OCC)cc1. The molecule has 1 atom stereocenters. The fourth-order valence-corrected chi connectivity index (χ4v) is 4.63. The summed E-state index contributed by atoms with van der Waals surface area (Å²) >= 11 is 0. The number of ether oxygens (including phenoxy) is 1. The van der Waals surface area contributed by atoms with E-state index in [0.717, 1.165) is 31.4 Å². The first kappa shape index (κ1) is 28.4. The molecule has 2 aromatic carbocycles. The van der Waals surface area contributed by atoms with Crippen LogP contribution >= 0.6 is 0 Å². The van der Waals surface area contributed by atoms with E-state index in [2.05, 4.69) is 20.8 Å². The molecule has 0 saturated carbocycles. The van der Waals surface area contributed by atoms with Gasteiger partial charge in [-0.15, -0.1) is 0 Å².